The number of fused-ring (bicyclic) bond motifs is 1. The summed E-state index contributed by atoms with van der Waals surface area (Å²) in [6, 6.07) is 1.22. The van der Waals surface area contributed by atoms with Crippen molar-refractivity contribution >= 4 is 11.8 Å². The van der Waals surface area contributed by atoms with E-state index < -0.39 is 0 Å². The van der Waals surface area contributed by atoms with E-state index in [4.69, 9.17) is 0 Å². The molecule has 0 radical (unpaired) electrons. The SMILES string of the molecule is C=C1NC2CC(SCC)CC2N1NC. The van der Waals surface area contributed by atoms with E-state index >= 15 is 0 Å². The molecule has 2 aliphatic rings. The number of nitrogens with one attached hydrogen (secondary N) is 2. The minimum Gasteiger partial charge on any atom is -0.366 e. The van der Waals surface area contributed by atoms with Crippen LogP contribution in [-0.4, -0.2) is 35.1 Å². The lowest BCUT2D eigenvalue weighted by Crippen LogP contribution is -2.39. The number of rotatable bonds is 3. The Balaban J connectivity index is 1.98. The lowest BCUT2D eigenvalue weighted by molar-refractivity contribution is 0.228. The summed E-state index contributed by atoms with van der Waals surface area (Å²) in [6.45, 7) is 6.24. The summed E-state index contributed by atoms with van der Waals surface area (Å²) in [5, 5.41) is 6.47. The van der Waals surface area contributed by atoms with Crippen LogP contribution in [0.4, 0.5) is 0 Å². The van der Waals surface area contributed by atoms with Gasteiger partial charge < -0.3 is 5.32 Å². The highest BCUT2D eigenvalue weighted by atomic mass is 32.2. The van der Waals surface area contributed by atoms with Gasteiger partial charge in [0.15, 0.2) is 0 Å². The van der Waals surface area contributed by atoms with Crippen molar-refractivity contribution in [3.8, 4) is 0 Å². The molecule has 0 spiro atoms. The molecule has 1 saturated carbocycles. The third-order valence-corrected chi connectivity index (χ3v) is 4.29. The Morgan fingerprint density at radius 3 is 3.07 bits per heavy atom. The lowest BCUT2D eigenvalue weighted by atomic mass is 10.2. The van der Waals surface area contributed by atoms with Crippen LogP contribution >= 0.6 is 11.8 Å². The first-order chi connectivity index (χ1) is 6.76. The van der Waals surface area contributed by atoms with E-state index in [-0.39, 0.29) is 0 Å². The molecule has 3 atom stereocenters. The van der Waals surface area contributed by atoms with Crippen molar-refractivity contribution in [1.29, 1.82) is 0 Å². The predicted octanol–water partition coefficient (Wildman–Crippen LogP) is 1.15. The van der Waals surface area contributed by atoms with Crippen LogP contribution in [0.3, 0.4) is 0 Å². The monoisotopic (exact) mass is 213 g/mol. The van der Waals surface area contributed by atoms with Crippen molar-refractivity contribution in [2.24, 2.45) is 0 Å². The van der Waals surface area contributed by atoms with Gasteiger partial charge in [-0.3, -0.25) is 5.01 Å². The third-order valence-electron chi connectivity index (χ3n) is 3.10. The number of hydrogen-bond donors (Lipinski definition) is 2. The number of hydrazine groups is 1. The van der Waals surface area contributed by atoms with Gasteiger partial charge in [0, 0.05) is 12.3 Å². The first kappa shape index (κ1) is 10.2. The van der Waals surface area contributed by atoms with Crippen LogP contribution in [-0.2, 0) is 0 Å². The zero-order valence-electron chi connectivity index (χ0n) is 8.92. The molecule has 0 amide bonds. The van der Waals surface area contributed by atoms with Crippen molar-refractivity contribution in [2.75, 3.05) is 12.8 Å². The molecule has 4 heteroatoms. The lowest BCUT2D eigenvalue weighted by Gasteiger charge is -2.23. The number of nitrogens with zero attached hydrogens (tertiary/aromatic N) is 1. The molecule has 1 saturated heterocycles. The zero-order valence-corrected chi connectivity index (χ0v) is 9.73. The second kappa shape index (κ2) is 4.03. The van der Waals surface area contributed by atoms with Gasteiger partial charge >= 0.3 is 0 Å². The Morgan fingerprint density at radius 2 is 2.43 bits per heavy atom. The van der Waals surface area contributed by atoms with Crippen LogP contribution in [0, 0.1) is 0 Å². The quantitative estimate of drug-likeness (QED) is 0.735. The molecule has 0 aromatic carbocycles. The van der Waals surface area contributed by atoms with Crippen molar-refractivity contribution in [1.82, 2.24) is 15.8 Å². The molecule has 14 heavy (non-hydrogen) atoms. The van der Waals surface area contributed by atoms with Gasteiger partial charge in [0.1, 0.15) is 5.82 Å². The zero-order chi connectivity index (χ0) is 10.1. The van der Waals surface area contributed by atoms with E-state index in [2.05, 4.69) is 41.0 Å². The summed E-state index contributed by atoms with van der Waals surface area (Å²) < 4.78 is 0. The van der Waals surface area contributed by atoms with Gasteiger partial charge in [-0.1, -0.05) is 13.5 Å². The summed E-state index contributed by atoms with van der Waals surface area (Å²) in [6.07, 6.45) is 2.55. The van der Waals surface area contributed by atoms with Crippen molar-refractivity contribution in [3.05, 3.63) is 12.4 Å². The first-order valence-corrected chi connectivity index (χ1v) is 6.34. The number of hydrogen-bond acceptors (Lipinski definition) is 4. The Bertz CT molecular complexity index is 231. The summed E-state index contributed by atoms with van der Waals surface area (Å²) in [5.41, 5.74) is 3.21. The fraction of sp³-hybridized carbons (Fsp3) is 0.800. The summed E-state index contributed by atoms with van der Waals surface area (Å²) in [5.74, 6) is 2.26. The van der Waals surface area contributed by atoms with Gasteiger partial charge in [-0.05, 0) is 18.6 Å². The Morgan fingerprint density at radius 1 is 1.64 bits per heavy atom. The van der Waals surface area contributed by atoms with E-state index in [1.807, 2.05) is 7.05 Å². The molecule has 3 unspecified atom stereocenters. The van der Waals surface area contributed by atoms with Crippen LogP contribution in [0.2, 0.25) is 0 Å². The predicted molar refractivity (Wildman–Crippen MR) is 61.9 cm³/mol. The average Bonchev–Trinajstić information content (AvgIpc) is 2.61. The topological polar surface area (TPSA) is 27.3 Å². The molecule has 2 rings (SSSR count). The second-order valence-corrected chi connectivity index (χ2v) is 5.48. The first-order valence-electron chi connectivity index (χ1n) is 5.30. The summed E-state index contributed by atoms with van der Waals surface area (Å²) in [4.78, 5) is 0. The summed E-state index contributed by atoms with van der Waals surface area (Å²) in [7, 11) is 1.97. The van der Waals surface area contributed by atoms with E-state index in [0.717, 1.165) is 11.1 Å². The van der Waals surface area contributed by atoms with Crippen LogP contribution in [0.15, 0.2) is 12.4 Å². The van der Waals surface area contributed by atoms with E-state index in [1.54, 1.807) is 0 Å². The van der Waals surface area contributed by atoms with Crippen molar-refractivity contribution in [3.63, 3.8) is 0 Å². The number of thioether (sulfide) groups is 1. The molecule has 2 N–H and O–H groups in total. The Kier molecular flexibility index (Phi) is 2.93. The minimum atomic E-state index is 0.608. The Labute approximate surface area is 90.3 Å². The molecule has 1 heterocycles. The van der Waals surface area contributed by atoms with Gasteiger partial charge in [-0.2, -0.15) is 11.8 Å². The molecular formula is C10H19N3S. The van der Waals surface area contributed by atoms with E-state index in [1.165, 1.54) is 18.6 Å². The van der Waals surface area contributed by atoms with Gasteiger partial charge in [0.05, 0.1) is 12.1 Å². The van der Waals surface area contributed by atoms with Crippen molar-refractivity contribution in [2.45, 2.75) is 37.1 Å². The van der Waals surface area contributed by atoms with E-state index in [9.17, 15) is 0 Å². The molecular weight excluding hydrogens is 194 g/mol. The average molecular weight is 213 g/mol. The summed E-state index contributed by atoms with van der Waals surface area (Å²) >= 11 is 2.09. The molecule has 3 nitrogen and oxygen atoms in total. The largest absolute Gasteiger partial charge is 0.366 e. The fourth-order valence-electron chi connectivity index (χ4n) is 2.57. The van der Waals surface area contributed by atoms with E-state index in [0.29, 0.717) is 12.1 Å². The normalized spacial score (nSPS) is 36.0. The minimum absolute atomic E-state index is 0.608. The molecule has 1 aliphatic carbocycles. The maximum atomic E-state index is 4.01. The van der Waals surface area contributed by atoms with Crippen molar-refractivity contribution < 1.29 is 0 Å². The highest BCUT2D eigenvalue weighted by molar-refractivity contribution is 7.99. The highest BCUT2D eigenvalue weighted by Crippen LogP contribution is 2.36. The maximum absolute atomic E-state index is 4.01. The van der Waals surface area contributed by atoms with Crippen LogP contribution in [0.1, 0.15) is 19.8 Å². The van der Waals surface area contributed by atoms with Crippen LogP contribution in [0.5, 0.6) is 0 Å². The van der Waals surface area contributed by atoms with Gasteiger partial charge in [0.25, 0.3) is 0 Å². The maximum Gasteiger partial charge on any atom is 0.109 e. The molecule has 0 bridgehead atoms. The van der Waals surface area contributed by atoms with Crippen LogP contribution < -0.4 is 10.7 Å². The van der Waals surface area contributed by atoms with Gasteiger partial charge in [-0.15, -0.1) is 0 Å². The highest BCUT2D eigenvalue weighted by Gasteiger charge is 2.43. The molecule has 80 valence electrons. The molecule has 2 fully saturated rings. The third kappa shape index (κ3) is 1.61. The molecule has 1 aliphatic heterocycles. The Hall–Kier alpha value is -0.350. The fourth-order valence-corrected chi connectivity index (χ4v) is 3.71. The molecule has 0 aromatic rings. The smallest absolute Gasteiger partial charge is 0.109 e. The van der Waals surface area contributed by atoms with Gasteiger partial charge in [-0.25, -0.2) is 5.43 Å². The molecule has 0 aromatic heterocycles. The standard InChI is InChI=1S/C10H19N3S/c1-4-14-8-5-9-10(6-8)13(11-3)7(2)12-9/h8-12H,2,4-6H2,1,3H3. The van der Waals surface area contributed by atoms with Crippen LogP contribution in [0.25, 0.3) is 0 Å². The second-order valence-electron chi connectivity index (χ2n) is 3.91. The van der Waals surface area contributed by atoms with Gasteiger partial charge in [0.2, 0.25) is 0 Å².